The molecule has 0 aliphatic heterocycles. The van der Waals surface area contributed by atoms with Gasteiger partial charge in [-0.15, -0.1) is 0 Å². The first-order valence-electron chi connectivity index (χ1n) is 11.4. The van der Waals surface area contributed by atoms with Crippen LogP contribution in [0.25, 0.3) is 0 Å². The Kier molecular flexibility index (Phi) is 10.3. The molecule has 4 aromatic carbocycles. The van der Waals surface area contributed by atoms with E-state index in [4.69, 9.17) is 18.1 Å². The lowest BCUT2D eigenvalue weighted by atomic mass is 10.3. The van der Waals surface area contributed by atoms with Crippen LogP contribution in [-0.2, 0) is 9.13 Å². The lowest BCUT2D eigenvalue weighted by Gasteiger charge is -2.26. The van der Waals surface area contributed by atoms with E-state index in [1.807, 2.05) is 0 Å². The molecule has 0 spiro atoms. The maximum absolute atomic E-state index is 14.4. The van der Waals surface area contributed by atoms with Crippen LogP contribution >= 0.6 is 78.9 Å². The SMILES string of the molecule is C=C(C(=C)P(=O)(Oc1ccc(Br)cc1)Oc1ccc(Br)cc1)P(=O)(Oc1ccc(Br)cc1)Oc1ccc(Br)cc1. The molecule has 0 aromatic heterocycles. The summed E-state index contributed by atoms with van der Waals surface area (Å²) in [6.07, 6.45) is 0. The van der Waals surface area contributed by atoms with Gasteiger partial charge in [-0.3, -0.25) is 0 Å². The maximum Gasteiger partial charge on any atom is 0.463 e. The number of benzene rings is 4. The van der Waals surface area contributed by atoms with Crippen LogP contribution in [0, 0.1) is 0 Å². The predicted octanol–water partition coefficient (Wildman–Crippen LogP) is 11.8. The first-order valence-corrected chi connectivity index (χ1v) is 17.6. The highest BCUT2D eigenvalue weighted by Gasteiger charge is 2.44. The Balaban J connectivity index is 1.74. The number of halogens is 4. The van der Waals surface area contributed by atoms with Crippen LogP contribution in [0.3, 0.4) is 0 Å². The molecule has 40 heavy (non-hydrogen) atoms. The number of hydrogen-bond acceptors (Lipinski definition) is 6. The molecule has 0 saturated carbocycles. The molecule has 0 N–H and O–H groups in total. The lowest BCUT2D eigenvalue weighted by molar-refractivity contribution is 0.387. The van der Waals surface area contributed by atoms with Crippen molar-refractivity contribution >= 4 is 78.9 Å². The van der Waals surface area contributed by atoms with Crippen LogP contribution in [0.15, 0.2) is 139 Å². The first-order chi connectivity index (χ1) is 19.0. The fourth-order valence-electron chi connectivity index (χ4n) is 3.11. The van der Waals surface area contributed by atoms with Crippen LogP contribution in [0.5, 0.6) is 23.0 Å². The minimum atomic E-state index is -4.33. The smallest absolute Gasteiger partial charge is 0.413 e. The first kappa shape index (κ1) is 30.9. The summed E-state index contributed by atoms with van der Waals surface area (Å²) in [6, 6.07) is 26.6. The van der Waals surface area contributed by atoms with Gasteiger partial charge in [-0.1, -0.05) is 76.9 Å². The van der Waals surface area contributed by atoms with Crippen molar-refractivity contribution in [3.05, 3.63) is 139 Å². The van der Waals surface area contributed by atoms with Gasteiger partial charge in [0.05, 0.1) is 10.6 Å². The molecule has 6 nitrogen and oxygen atoms in total. The summed E-state index contributed by atoms with van der Waals surface area (Å²) in [7, 11) is -8.67. The van der Waals surface area contributed by atoms with Crippen LogP contribution in [0.4, 0.5) is 0 Å². The Morgan fingerprint density at radius 2 is 0.600 bits per heavy atom. The van der Waals surface area contributed by atoms with E-state index >= 15 is 0 Å². The molecule has 0 unspecified atom stereocenters. The van der Waals surface area contributed by atoms with Gasteiger partial charge in [0.25, 0.3) is 0 Å². The van der Waals surface area contributed by atoms with Crippen molar-refractivity contribution in [1.82, 2.24) is 0 Å². The summed E-state index contributed by atoms with van der Waals surface area (Å²) in [5.74, 6) is 0.926. The zero-order valence-electron chi connectivity index (χ0n) is 20.5. The zero-order valence-corrected chi connectivity index (χ0v) is 28.6. The highest BCUT2D eigenvalue weighted by atomic mass is 79.9. The molecule has 0 radical (unpaired) electrons. The van der Waals surface area contributed by atoms with E-state index < -0.39 is 15.2 Å². The Hall–Kier alpha value is -2.06. The van der Waals surface area contributed by atoms with Gasteiger partial charge in [0, 0.05) is 17.9 Å². The molecule has 0 aliphatic rings. The van der Waals surface area contributed by atoms with Crippen molar-refractivity contribution in [3.63, 3.8) is 0 Å². The molecule has 4 rings (SSSR count). The molecule has 0 heterocycles. The molecule has 12 heteroatoms. The number of allylic oxidation sites excluding steroid dienone is 2. The third kappa shape index (κ3) is 8.03. The van der Waals surface area contributed by atoms with Crippen molar-refractivity contribution in [2.75, 3.05) is 0 Å². The monoisotopic (exact) mass is 830 g/mol. The van der Waals surface area contributed by atoms with E-state index in [-0.39, 0.29) is 33.6 Å². The molecule has 0 aliphatic carbocycles. The molecule has 0 amide bonds. The topological polar surface area (TPSA) is 71.1 Å². The Morgan fingerprint density at radius 1 is 0.425 bits per heavy atom. The van der Waals surface area contributed by atoms with Crippen molar-refractivity contribution in [2.45, 2.75) is 0 Å². The average molecular weight is 834 g/mol. The van der Waals surface area contributed by atoms with E-state index in [1.54, 1.807) is 97.1 Å². The fraction of sp³-hybridized carbons (Fsp3) is 0. The highest BCUT2D eigenvalue weighted by Crippen LogP contribution is 2.66. The summed E-state index contributed by atoms with van der Waals surface area (Å²) in [5.41, 5.74) is 0. The van der Waals surface area contributed by atoms with Gasteiger partial charge >= 0.3 is 15.2 Å². The van der Waals surface area contributed by atoms with E-state index in [0.29, 0.717) is 0 Å². The van der Waals surface area contributed by atoms with Crippen LogP contribution in [0.1, 0.15) is 0 Å². The van der Waals surface area contributed by atoms with Gasteiger partial charge in [0.15, 0.2) is 0 Å². The maximum atomic E-state index is 14.4. The zero-order chi connectivity index (χ0) is 28.9. The molecular formula is C28H20Br4O6P2. The van der Waals surface area contributed by atoms with Gasteiger partial charge in [-0.2, -0.15) is 0 Å². The summed E-state index contributed by atoms with van der Waals surface area (Å²) in [4.78, 5) is 0. The van der Waals surface area contributed by atoms with Gasteiger partial charge in [-0.25, -0.2) is 9.13 Å². The fourth-order valence-corrected chi connectivity index (χ4v) is 7.65. The normalized spacial score (nSPS) is 11.4. The molecule has 206 valence electrons. The van der Waals surface area contributed by atoms with Crippen molar-refractivity contribution in [2.24, 2.45) is 0 Å². The molecule has 4 aromatic rings. The van der Waals surface area contributed by atoms with Gasteiger partial charge in [0.1, 0.15) is 23.0 Å². The summed E-state index contributed by atoms with van der Waals surface area (Å²) >= 11 is 13.5. The average Bonchev–Trinajstić information content (AvgIpc) is 2.93. The molecule has 0 bridgehead atoms. The summed E-state index contributed by atoms with van der Waals surface area (Å²) in [5, 5.41) is -0.563. The largest absolute Gasteiger partial charge is 0.463 e. The van der Waals surface area contributed by atoms with Crippen LogP contribution in [-0.4, -0.2) is 0 Å². The minimum absolute atomic E-state index is 0.232. The van der Waals surface area contributed by atoms with Gasteiger partial charge < -0.3 is 18.1 Å². The third-order valence-electron chi connectivity index (χ3n) is 5.15. The second-order valence-electron chi connectivity index (χ2n) is 8.07. The minimum Gasteiger partial charge on any atom is -0.413 e. The molecular weight excluding hydrogens is 814 g/mol. The number of rotatable bonds is 11. The Bertz CT molecular complexity index is 1380. The van der Waals surface area contributed by atoms with Gasteiger partial charge in [0.2, 0.25) is 0 Å². The second kappa shape index (κ2) is 13.3. The third-order valence-corrected chi connectivity index (χ3v) is 11.1. The second-order valence-corrected chi connectivity index (χ2v) is 15.5. The van der Waals surface area contributed by atoms with Crippen LogP contribution < -0.4 is 18.1 Å². The molecule has 0 saturated heterocycles. The summed E-state index contributed by atoms with van der Waals surface area (Å²) < 4.78 is 55.6. The Labute approximate surface area is 266 Å². The van der Waals surface area contributed by atoms with E-state index in [2.05, 4.69) is 76.9 Å². The molecule has 0 atom stereocenters. The summed E-state index contributed by atoms with van der Waals surface area (Å²) in [6.45, 7) is 7.91. The number of hydrogen-bond donors (Lipinski definition) is 0. The van der Waals surface area contributed by atoms with Crippen LogP contribution in [0.2, 0.25) is 0 Å². The molecule has 0 fully saturated rings. The van der Waals surface area contributed by atoms with E-state index in [1.165, 1.54) is 0 Å². The van der Waals surface area contributed by atoms with E-state index in [0.717, 1.165) is 17.9 Å². The van der Waals surface area contributed by atoms with Crippen molar-refractivity contribution in [3.8, 4) is 23.0 Å². The van der Waals surface area contributed by atoms with Crippen molar-refractivity contribution in [1.29, 1.82) is 0 Å². The predicted molar refractivity (Wildman–Crippen MR) is 173 cm³/mol. The van der Waals surface area contributed by atoms with Gasteiger partial charge in [-0.05, 0) is 97.1 Å². The highest BCUT2D eigenvalue weighted by molar-refractivity contribution is 9.11. The lowest BCUT2D eigenvalue weighted by Crippen LogP contribution is -2.10. The van der Waals surface area contributed by atoms with Crippen molar-refractivity contribution < 1.29 is 27.2 Å². The van der Waals surface area contributed by atoms with E-state index in [9.17, 15) is 9.13 Å². The Morgan fingerprint density at radius 3 is 0.775 bits per heavy atom. The standard InChI is InChI=1S/C28H20Br4O6P2/c1-19(39(33,35-25-11-3-21(29)4-12-25)36-26-13-5-22(30)6-14-26)20(2)40(34,37-27-15-7-23(31)8-16-27)38-28-17-9-24(32)10-18-28/h3-18H,1-2H2. The quantitative estimate of drug-likeness (QED) is 0.111.